The fourth-order valence-corrected chi connectivity index (χ4v) is 2.59. The molecular formula is C16H30N2O3. The van der Waals surface area contributed by atoms with E-state index in [2.05, 4.69) is 10.2 Å². The molecule has 0 spiro atoms. The Morgan fingerprint density at radius 1 is 1.19 bits per heavy atom. The van der Waals surface area contributed by atoms with Gasteiger partial charge in [0.1, 0.15) is 0 Å². The predicted molar refractivity (Wildman–Crippen MR) is 82.9 cm³/mol. The second-order valence-electron chi connectivity index (χ2n) is 6.42. The van der Waals surface area contributed by atoms with Crippen LogP contribution < -0.4 is 5.32 Å². The first-order chi connectivity index (χ1) is 9.88. The molecule has 1 amide bonds. The van der Waals surface area contributed by atoms with Gasteiger partial charge in [0, 0.05) is 18.4 Å². The monoisotopic (exact) mass is 298 g/mol. The normalized spacial score (nSPS) is 17.2. The standard InChI is InChI=1S/C16H30N2O3/c1-12(2)17-16(20)14-7-10-18(11-8-14)9-5-6-15(19)21-13(3)4/h12-14H,5-11H2,1-4H3,(H,17,20). The number of rotatable bonds is 7. The van der Waals surface area contributed by atoms with Crippen molar-refractivity contribution in [1.82, 2.24) is 10.2 Å². The molecule has 0 unspecified atom stereocenters. The number of hydrogen-bond acceptors (Lipinski definition) is 4. The van der Waals surface area contributed by atoms with Gasteiger partial charge in [-0.25, -0.2) is 0 Å². The number of hydrogen-bond donors (Lipinski definition) is 1. The van der Waals surface area contributed by atoms with Gasteiger partial charge in [0.05, 0.1) is 6.10 Å². The van der Waals surface area contributed by atoms with Gasteiger partial charge in [0.25, 0.3) is 0 Å². The largest absolute Gasteiger partial charge is 0.463 e. The summed E-state index contributed by atoms with van der Waals surface area (Å²) in [6.45, 7) is 10.5. The van der Waals surface area contributed by atoms with Crippen LogP contribution in [0.5, 0.6) is 0 Å². The maximum atomic E-state index is 11.9. The van der Waals surface area contributed by atoms with Gasteiger partial charge in [-0.05, 0) is 66.6 Å². The molecule has 0 saturated carbocycles. The van der Waals surface area contributed by atoms with Gasteiger partial charge in [-0.1, -0.05) is 0 Å². The first-order valence-corrected chi connectivity index (χ1v) is 8.10. The number of amides is 1. The second kappa shape index (κ2) is 9.03. The van der Waals surface area contributed by atoms with Crippen molar-refractivity contribution in [3.63, 3.8) is 0 Å². The highest BCUT2D eigenvalue weighted by atomic mass is 16.5. The fraction of sp³-hybridized carbons (Fsp3) is 0.875. The van der Waals surface area contributed by atoms with Crippen molar-refractivity contribution in [3.8, 4) is 0 Å². The number of nitrogens with one attached hydrogen (secondary N) is 1. The number of piperidine rings is 1. The molecule has 122 valence electrons. The maximum absolute atomic E-state index is 11.9. The zero-order valence-electron chi connectivity index (χ0n) is 13.9. The van der Waals surface area contributed by atoms with E-state index in [0.717, 1.165) is 38.9 Å². The van der Waals surface area contributed by atoms with E-state index < -0.39 is 0 Å². The summed E-state index contributed by atoms with van der Waals surface area (Å²) >= 11 is 0. The molecule has 1 N–H and O–H groups in total. The van der Waals surface area contributed by atoms with Crippen molar-refractivity contribution in [2.45, 2.75) is 65.5 Å². The molecule has 1 heterocycles. The zero-order chi connectivity index (χ0) is 15.8. The van der Waals surface area contributed by atoms with Crippen LogP contribution in [0.2, 0.25) is 0 Å². The van der Waals surface area contributed by atoms with E-state index in [1.165, 1.54) is 0 Å². The number of esters is 1. The van der Waals surface area contributed by atoms with Crippen LogP contribution >= 0.6 is 0 Å². The third kappa shape index (κ3) is 7.46. The van der Waals surface area contributed by atoms with Gasteiger partial charge < -0.3 is 15.0 Å². The first kappa shape index (κ1) is 18.0. The van der Waals surface area contributed by atoms with Crippen molar-refractivity contribution < 1.29 is 14.3 Å². The average molecular weight is 298 g/mol. The summed E-state index contributed by atoms with van der Waals surface area (Å²) in [7, 11) is 0. The molecule has 0 aliphatic carbocycles. The summed E-state index contributed by atoms with van der Waals surface area (Å²) in [6.07, 6.45) is 3.09. The molecule has 1 saturated heterocycles. The quantitative estimate of drug-likeness (QED) is 0.730. The molecule has 1 fully saturated rings. The lowest BCUT2D eigenvalue weighted by Gasteiger charge is -2.31. The van der Waals surface area contributed by atoms with Crippen LogP contribution in [0.3, 0.4) is 0 Å². The van der Waals surface area contributed by atoms with Crippen LogP contribution in [0.25, 0.3) is 0 Å². The minimum Gasteiger partial charge on any atom is -0.463 e. The van der Waals surface area contributed by atoms with Crippen molar-refractivity contribution >= 4 is 11.9 Å². The summed E-state index contributed by atoms with van der Waals surface area (Å²) in [6, 6.07) is 0.211. The molecule has 1 aliphatic rings. The Morgan fingerprint density at radius 2 is 1.81 bits per heavy atom. The summed E-state index contributed by atoms with van der Waals surface area (Å²) in [5.41, 5.74) is 0. The second-order valence-corrected chi connectivity index (χ2v) is 6.42. The van der Waals surface area contributed by atoms with Gasteiger partial charge >= 0.3 is 5.97 Å². The molecule has 0 aromatic carbocycles. The molecule has 1 rings (SSSR count). The summed E-state index contributed by atoms with van der Waals surface area (Å²) < 4.78 is 5.11. The lowest BCUT2D eigenvalue weighted by molar-refractivity contribution is -0.147. The Morgan fingerprint density at radius 3 is 2.33 bits per heavy atom. The van der Waals surface area contributed by atoms with Gasteiger partial charge in [0.2, 0.25) is 5.91 Å². The molecule has 0 radical (unpaired) electrons. The first-order valence-electron chi connectivity index (χ1n) is 8.10. The van der Waals surface area contributed by atoms with Crippen LogP contribution in [0.4, 0.5) is 0 Å². The van der Waals surface area contributed by atoms with Crippen molar-refractivity contribution in [2.75, 3.05) is 19.6 Å². The Hall–Kier alpha value is -1.10. The summed E-state index contributed by atoms with van der Waals surface area (Å²) in [5.74, 6) is 0.218. The van der Waals surface area contributed by atoms with E-state index in [4.69, 9.17) is 4.74 Å². The third-order valence-corrected chi connectivity index (χ3v) is 3.61. The molecule has 0 aromatic heterocycles. The number of carbonyl (C=O) groups excluding carboxylic acids is 2. The van der Waals surface area contributed by atoms with Crippen molar-refractivity contribution in [2.24, 2.45) is 5.92 Å². The molecule has 0 aromatic rings. The lowest BCUT2D eigenvalue weighted by Crippen LogP contribution is -2.42. The van der Waals surface area contributed by atoms with Crippen molar-refractivity contribution in [1.29, 1.82) is 0 Å². The van der Waals surface area contributed by atoms with Crippen LogP contribution in [0, 0.1) is 5.92 Å². The fourth-order valence-electron chi connectivity index (χ4n) is 2.59. The Balaban J connectivity index is 2.16. The van der Waals surface area contributed by atoms with E-state index in [9.17, 15) is 9.59 Å². The highest BCUT2D eigenvalue weighted by Crippen LogP contribution is 2.18. The highest BCUT2D eigenvalue weighted by molar-refractivity contribution is 5.79. The maximum Gasteiger partial charge on any atom is 0.306 e. The van der Waals surface area contributed by atoms with E-state index >= 15 is 0 Å². The minimum atomic E-state index is -0.115. The zero-order valence-corrected chi connectivity index (χ0v) is 13.9. The topological polar surface area (TPSA) is 58.6 Å². The summed E-state index contributed by atoms with van der Waals surface area (Å²) in [4.78, 5) is 25.7. The Kier molecular flexibility index (Phi) is 7.72. The van der Waals surface area contributed by atoms with E-state index in [1.807, 2.05) is 27.7 Å². The molecule has 5 heteroatoms. The van der Waals surface area contributed by atoms with Gasteiger partial charge in [-0.3, -0.25) is 9.59 Å². The van der Waals surface area contributed by atoms with Crippen LogP contribution in [0.1, 0.15) is 53.4 Å². The van der Waals surface area contributed by atoms with Gasteiger partial charge in [0.15, 0.2) is 0 Å². The van der Waals surface area contributed by atoms with E-state index in [-0.39, 0.29) is 29.9 Å². The number of nitrogens with zero attached hydrogens (tertiary/aromatic N) is 1. The lowest BCUT2D eigenvalue weighted by atomic mass is 9.95. The van der Waals surface area contributed by atoms with Crippen LogP contribution in [-0.2, 0) is 14.3 Å². The SMILES string of the molecule is CC(C)NC(=O)C1CCN(CCCC(=O)OC(C)C)CC1. The number of likely N-dealkylation sites (tertiary alicyclic amines) is 1. The van der Waals surface area contributed by atoms with Crippen molar-refractivity contribution in [3.05, 3.63) is 0 Å². The van der Waals surface area contributed by atoms with Crippen LogP contribution in [0.15, 0.2) is 0 Å². The Bertz CT molecular complexity index is 332. The van der Waals surface area contributed by atoms with Gasteiger partial charge in [-0.2, -0.15) is 0 Å². The predicted octanol–water partition coefficient (Wildman–Crippen LogP) is 1.95. The van der Waals surface area contributed by atoms with E-state index in [0.29, 0.717) is 6.42 Å². The molecule has 21 heavy (non-hydrogen) atoms. The Labute approximate surface area is 128 Å². The highest BCUT2D eigenvalue weighted by Gasteiger charge is 2.25. The van der Waals surface area contributed by atoms with E-state index in [1.54, 1.807) is 0 Å². The average Bonchev–Trinajstić information content (AvgIpc) is 2.37. The molecule has 0 bridgehead atoms. The number of carbonyl (C=O) groups is 2. The minimum absolute atomic E-state index is 0.0345. The molecule has 0 atom stereocenters. The number of ether oxygens (including phenoxy) is 1. The smallest absolute Gasteiger partial charge is 0.306 e. The van der Waals surface area contributed by atoms with Gasteiger partial charge in [-0.15, -0.1) is 0 Å². The van der Waals surface area contributed by atoms with Crippen LogP contribution in [-0.4, -0.2) is 48.6 Å². The third-order valence-electron chi connectivity index (χ3n) is 3.61. The molecular weight excluding hydrogens is 268 g/mol. The molecule has 1 aliphatic heterocycles. The molecule has 5 nitrogen and oxygen atoms in total. The summed E-state index contributed by atoms with van der Waals surface area (Å²) in [5, 5.41) is 2.98.